The minimum absolute atomic E-state index is 0.144. The summed E-state index contributed by atoms with van der Waals surface area (Å²) in [5.41, 5.74) is 1.77. The average Bonchev–Trinajstić information content (AvgIpc) is 3.08. The maximum atomic E-state index is 13.1. The molecule has 2 heterocycles. The Kier molecular flexibility index (Phi) is 6.99. The lowest BCUT2D eigenvalue weighted by molar-refractivity contribution is -0.130. The third-order valence-corrected chi connectivity index (χ3v) is 8.14. The number of nitrogens with zero attached hydrogens (tertiary/aromatic N) is 2. The van der Waals surface area contributed by atoms with Crippen LogP contribution in [0.1, 0.15) is 30.4 Å². The zero-order valence-electron chi connectivity index (χ0n) is 19.0. The highest BCUT2D eigenvalue weighted by atomic mass is 32.2. The Labute approximate surface area is 199 Å². The molecule has 2 N–H and O–H groups in total. The predicted octanol–water partition coefficient (Wildman–Crippen LogP) is 2.27. The van der Waals surface area contributed by atoms with Crippen LogP contribution in [0, 0.1) is 6.92 Å². The summed E-state index contributed by atoms with van der Waals surface area (Å²) in [7, 11) is -3.67. The highest BCUT2D eigenvalue weighted by Crippen LogP contribution is 2.26. The molecule has 2 fully saturated rings. The molecule has 2 saturated heterocycles. The highest BCUT2D eigenvalue weighted by molar-refractivity contribution is 7.89. The molecule has 0 aliphatic carbocycles. The fourth-order valence-corrected chi connectivity index (χ4v) is 6.03. The van der Waals surface area contributed by atoms with Gasteiger partial charge in [-0.3, -0.25) is 14.5 Å². The Morgan fingerprint density at radius 1 is 1.06 bits per heavy atom. The molecule has 180 valence electrons. The van der Waals surface area contributed by atoms with Crippen LogP contribution in [-0.4, -0.2) is 61.1 Å². The molecule has 2 aliphatic heterocycles. The molecule has 4 amide bonds. The first-order valence-electron chi connectivity index (χ1n) is 11.3. The van der Waals surface area contributed by atoms with Crippen molar-refractivity contribution in [3.8, 4) is 0 Å². The van der Waals surface area contributed by atoms with Gasteiger partial charge in [-0.15, -0.1) is 0 Å². The van der Waals surface area contributed by atoms with Crippen LogP contribution in [-0.2, 0) is 26.0 Å². The van der Waals surface area contributed by atoms with Crippen LogP contribution in [0.4, 0.5) is 10.5 Å². The summed E-state index contributed by atoms with van der Waals surface area (Å²) in [6, 6.07) is 12.6. The molecule has 9 nitrogen and oxygen atoms in total. The summed E-state index contributed by atoms with van der Waals surface area (Å²) in [4.78, 5) is 38.6. The van der Waals surface area contributed by atoms with Crippen LogP contribution >= 0.6 is 0 Å². The fraction of sp³-hybridized carbons (Fsp3) is 0.375. The topological polar surface area (TPSA) is 116 Å². The van der Waals surface area contributed by atoms with Gasteiger partial charge in [-0.1, -0.05) is 42.8 Å². The Bertz CT molecular complexity index is 1190. The number of imide groups is 1. The van der Waals surface area contributed by atoms with E-state index >= 15 is 0 Å². The molecule has 0 radical (unpaired) electrons. The van der Waals surface area contributed by atoms with E-state index in [1.54, 1.807) is 19.1 Å². The van der Waals surface area contributed by atoms with Gasteiger partial charge in [0.05, 0.1) is 4.90 Å². The van der Waals surface area contributed by atoms with Crippen LogP contribution in [0.3, 0.4) is 0 Å². The van der Waals surface area contributed by atoms with Crippen molar-refractivity contribution in [2.45, 2.75) is 43.5 Å². The number of piperidine rings is 1. The molecular weight excluding hydrogens is 456 g/mol. The third kappa shape index (κ3) is 5.13. The maximum absolute atomic E-state index is 13.1. The summed E-state index contributed by atoms with van der Waals surface area (Å²) >= 11 is 0. The van der Waals surface area contributed by atoms with Crippen LogP contribution in [0.5, 0.6) is 0 Å². The average molecular weight is 485 g/mol. The van der Waals surface area contributed by atoms with Crippen molar-refractivity contribution in [2.24, 2.45) is 0 Å². The van der Waals surface area contributed by atoms with E-state index in [-0.39, 0.29) is 4.90 Å². The van der Waals surface area contributed by atoms with Crippen molar-refractivity contribution in [2.75, 3.05) is 25.0 Å². The molecule has 0 saturated carbocycles. The summed E-state index contributed by atoms with van der Waals surface area (Å²) in [5.74, 6) is -1.06. The predicted molar refractivity (Wildman–Crippen MR) is 127 cm³/mol. The van der Waals surface area contributed by atoms with Gasteiger partial charge in [0, 0.05) is 25.2 Å². The lowest BCUT2D eigenvalue weighted by atomic mass is 10.1. The van der Waals surface area contributed by atoms with Crippen LogP contribution in [0.2, 0.25) is 0 Å². The Balaban J connectivity index is 1.42. The van der Waals surface area contributed by atoms with Crippen LogP contribution in [0.25, 0.3) is 0 Å². The van der Waals surface area contributed by atoms with Crippen molar-refractivity contribution >= 4 is 33.6 Å². The molecule has 2 aliphatic rings. The summed E-state index contributed by atoms with van der Waals surface area (Å²) in [6.45, 7) is 2.21. The van der Waals surface area contributed by atoms with Gasteiger partial charge in [-0.05, 0) is 43.0 Å². The molecule has 0 bridgehead atoms. The molecule has 10 heteroatoms. The van der Waals surface area contributed by atoms with Gasteiger partial charge >= 0.3 is 6.03 Å². The number of nitrogens with one attached hydrogen (secondary N) is 2. The van der Waals surface area contributed by atoms with Crippen molar-refractivity contribution < 1.29 is 22.8 Å². The zero-order valence-corrected chi connectivity index (χ0v) is 19.8. The second kappa shape index (κ2) is 9.94. The van der Waals surface area contributed by atoms with E-state index in [1.165, 1.54) is 10.4 Å². The molecule has 0 aromatic heterocycles. The molecule has 2 aromatic carbocycles. The monoisotopic (exact) mass is 484 g/mol. The number of anilines is 1. The number of carbonyl (C=O) groups excluding carboxylic acids is 3. The minimum Gasteiger partial charge on any atom is -0.325 e. The molecular formula is C24H28N4O5S. The van der Waals surface area contributed by atoms with E-state index in [0.29, 0.717) is 30.8 Å². The number of aryl methyl sites for hydroxylation is 1. The van der Waals surface area contributed by atoms with Crippen molar-refractivity contribution in [1.29, 1.82) is 0 Å². The van der Waals surface area contributed by atoms with Crippen LogP contribution in [0.15, 0.2) is 53.4 Å². The summed E-state index contributed by atoms with van der Waals surface area (Å²) in [5, 5.41) is 5.24. The quantitative estimate of drug-likeness (QED) is 0.585. The largest absolute Gasteiger partial charge is 0.325 e. The first-order chi connectivity index (χ1) is 16.3. The highest BCUT2D eigenvalue weighted by Gasteiger charge is 2.39. The lowest BCUT2D eigenvalue weighted by Crippen LogP contribution is -2.38. The van der Waals surface area contributed by atoms with Gasteiger partial charge < -0.3 is 10.6 Å². The Hall–Kier alpha value is -3.24. The zero-order chi connectivity index (χ0) is 24.3. The van der Waals surface area contributed by atoms with E-state index in [9.17, 15) is 22.8 Å². The fourth-order valence-electron chi connectivity index (χ4n) is 4.26. The van der Waals surface area contributed by atoms with E-state index in [1.807, 2.05) is 30.3 Å². The normalized spacial score (nSPS) is 19.2. The van der Waals surface area contributed by atoms with E-state index in [0.717, 1.165) is 29.7 Å². The molecule has 1 atom stereocenters. The number of amides is 4. The minimum atomic E-state index is -3.67. The van der Waals surface area contributed by atoms with E-state index in [2.05, 4.69) is 10.6 Å². The second-order valence-electron chi connectivity index (χ2n) is 8.61. The number of benzene rings is 2. The van der Waals surface area contributed by atoms with Crippen molar-refractivity contribution in [3.05, 3.63) is 59.7 Å². The molecule has 2 aromatic rings. The number of hydrogen-bond donors (Lipinski definition) is 2. The first kappa shape index (κ1) is 23.9. The number of sulfonamides is 1. The number of rotatable bonds is 7. The van der Waals surface area contributed by atoms with Gasteiger partial charge in [0.1, 0.15) is 12.6 Å². The molecule has 4 rings (SSSR count). The Morgan fingerprint density at radius 2 is 1.76 bits per heavy atom. The summed E-state index contributed by atoms with van der Waals surface area (Å²) < 4.78 is 27.7. The SMILES string of the molecule is Cc1ccc(NC(=O)CN2C(=O)NC(Cc3ccccc3)C2=O)cc1S(=O)(=O)N1CCCCC1. The molecule has 34 heavy (non-hydrogen) atoms. The van der Waals surface area contributed by atoms with E-state index < -0.39 is 40.5 Å². The number of carbonyl (C=O) groups is 3. The van der Waals surface area contributed by atoms with Gasteiger partial charge in [0.2, 0.25) is 15.9 Å². The second-order valence-corrected chi connectivity index (χ2v) is 10.5. The van der Waals surface area contributed by atoms with Crippen molar-refractivity contribution in [3.63, 3.8) is 0 Å². The molecule has 0 spiro atoms. The smallest absolute Gasteiger partial charge is 0.325 e. The summed E-state index contributed by atoms with van der Waals surface area (Å²) in [6.07, 6.45) is 2.99. The number of hydrogen-bond acceptors (Lipinski definition) is 5. The van der Waals surface area contributed by atoms with Crippen molar-refractivity contribution in [1.82, 2.24) is 14.5 Å². The van der Waals surface area contributed by atoms with Gasteiger partial charge in [-0.2, -0.15) is 4.31 Å². The van der Waals surface area contributed by atoms with Gasteiger partial charge in [0.25, 0.3) is 5.91 Å². The Morgan fingerprint density at radius 3 is 2.47 bits per heavy atom. The van der Waals surface area contributed by atoms with Gasteiger partial charge in [0.15, 0.2) is 0 Å². The number of urea groups is 1. The van der Waals surface area contributed by atoms with Crippen LogP contribution < -0.4 is 10.6 Å². The third-order valence-electron chi connectivity index (χ3n) is 6.10. The van der Waals surface area contributed by atoms with Gasteiger partial charge in [-0.25, -0.2) is 13.2 Å². The lowest BCUT2D eigenvalue weighted by Gasteiger charge is -2.26. The van der Waals surface area contributed by atoms with E-state index in [4.69, 9.17) is 0 Å². The standard InChI is InChI=1S/C24H28N4O5S/c1-17-10-11-19(15-21(17)34(32,33)27-12-6-3-7-13-27)25-22(29)16-28-23(30)20(26-24(28)31)14-18-8-4-2-5-9-18/h2,4-5,8-11,15,20H,3,6-7,12-14,16H2,1H3,(H,25,29)(H,26,31). The first-order valence-corrected chi connectivity index (χ1v) is 12.8. The maximum Gasteiger partial charge on any atom is 0.325 e. The molecule has 1 unspecified atom stereocenters.